The van der Waals surface area contributed by atoms with Gasteiger partial charge in [-0.25, -0.2) is 0 Å². The van der Waals surface area contributed by atoms with Crippen molar-refractivity contribution in [2.75, 3.05) is 25.4 Å². The molecule has 2 aromatic carbocycles. The lowest BCUT2D eigenvalue weighted by Gasteiger charge is -2.32. The number of nitrogens with two attached hydrogens (primary N) is 1. The second-order valence-corrected chi connectivity index (χ2v) is 7.24. The third-order valence-corrected chi connectivity index (χ3v) is 5.07. The number of hydrogen-bond acceptors (Lipinski definition) is 3. The number of benzene rings is 2. The first-order chi connectivity index (χ1) is 13.0. The van der Waals surface area contributed by atoms with Crippen molar-refractivity contribution in [1.82, 2.24) is 10.2 Å². The van der Waals surface area contributed by atoms with Gasteiger partial charge in [-0.15, -0.1) is 0 Å². The third-order valence-electron chi connectivity index (χ3n) is 5.07. The molecule has 1 fully saturated rings. The first-order valence-corrected chi connectivity index (χ1v) is 9.51. The predicted octanol–water partition coefficient (Wildman–Crippen LogP) is 2.79. The fourth-order valence-corrected chi connectivity index (χ4v) is 3.41. The summed E-state index contributed by atoms with van der Waals surface area (Å²) in [6.45, 7) is 3.79. The third kappa shape index (κ3) is 5.09. The van der Waals surface area contributed by atoms with E-state index in [1.54, 1.807) is 4.90 Å². The van der Waals surface area contributed by atoms with Crippen molar-refractivity contribution in [3.8, 4) is 0 Å². The summed E-state index contributed by atoms with van der Waals surface area (Å²) in [4.78, 5) is 27.0. The maximum Gasteiger partial charge on any atom is 0.253 e. The Balaban J connectivity index is 1.50. The molecule has 1 saturated heterocycles. The molecule has 0 bridgehead atoms. The second-order valence-electron chi connectivity index (χ2n) is 7.24. The van der Waals surface area contributed by atoms with E-state index in [2.05, 4.69) is 5.32 Å². The molecule has 3 N–H and O–H groups in total. The highest BCUT2D eigenvalue weighted by atomic mass is 16.2. The van der Waals surface area contributed by atoms with E-state index in [4.69, 9.17) is 5.73 Å². The van der Waals surface area contributed by atoms with Crippen molar-refractivity contribution >= 4 is 17.5 Å². The number of nitrogen functional groups attached to an aromatic ring is 1. The van der Waals surface area contributed by atoms with E-state index in [1.165, 1.54) is 0 Å². The zero-order valence-electron chi connectivity index (χ0n) is 15.8. The number of rotatable bonds is 5. The molecule has 5 nitrogen and oxygen atoms in total. The van der Waals surface area contributed by atoms with Gasteiger partial charge >= 0.3 is 0 Å². The molecular weight excluding hydrogens is 338 g/mol. The quantitative estimate of drug-likeness (QED) is 0.800. The standard InChI is InChI=1S/C22H27N3O2/c1-16-4-8-18(9-5-16)22(27)25-14-2-3-19(15-25)21(26)24-13-12-17-6-10-20(23)11-7-17/h4-11,19H,2-3,12-15,23H2,1H3,(H,24,26). The lowest BCUT2D eigenvalue weighted by Crippen LogP contribution is -2.45. The molecule has 27 heavy (non-hydrogen) atoms. The van der Waals surface area contributed by atoms with Crippen LogP contribution < -0.4 is 11.1 Å². The molecule has 3 rings (SSSR count). The van der Waals surface area contributed by atoms with Crippen molar-refractivity contribution in [3.63, 3.8) is 0 Å². The molecule has 1 heterocycles. The minimum atomic E-state index is -0.139. The van der Waals surface area contributed by atoms with Crippen LogP contribution in [0, 0.1) is 12.8 Å². The van der Waals surface area contributed by atoms with Gasteiger partial charge in [0.15, 0.2) is 0 Å². The topological polar surface area (TPSA) is 75.4 Å². The Morgan fingerprint density at radius 2 is 1.81 bits per heavy atom. The molecule has 1 aliphatic rings. The normalized spacial score (nSPS) is 16.8. The number of anilines is 1. The average molecular weight is 365 g/mol. The number of hydrogen-bond donors (Lipinski definition) is 2. The number of carbonyl (C=O) groups is 2. The van der Waals surface area contributed by atoms with Crippen LogP contribution in [0.1, 0.15) is 34.3 Å². The first-order valence-electron chi connectivity index (χ1n) is 9.51. The minimum Gasteiger partial charge on any atom is -0.399 e. The molecule has 142 valence electrons. The Kier molecular flexibility index (Phi) is 6.12. The van der Waals surface area contributed by atoms with Gasteiger partial charge in [-0.2, -0.15) is 0 Å². The van der Waals surface area contributed by atoms with Crippen LogP contribution in [0.25, 0.3) is 0 Å². The van der Waals surface area contributed by atoms with Crippen LogP contribution in [0.3, 0.4) is 0 Å². The van der Waals surface area contributed by atoms with Gasteiger partial charge in [0, 0.05) is 30.9 Å². The van der Waals surface area contributed by atoms with Gasteiger partial charge in [-0.05, 0) is 56.0 Å². The van der Waals surface area contributed by atoms with Crippen molar-refractivity contribution in [3.05, 3.63) is 65.2 Å². The van der Waals surface area contributed by atoms with Crippen LogP contribution in [-0.4, -0.2) is 36.3 Å². The van der Waals surface area contributed by atoms with Crippen molar-refractivity contribution in [1.29, 1.82) is 0 Å². The van der Waals surface area contributed by atoms with Crippen molar-refractivity contribution < 1.29 is 9.59 Å². The van der Waals surface area contributed by atoms with E-state index in [0.29, 0.717) is 25.2 Å². The molecule has 0 radical (unpaired) electrons. The van der Waals surface area contributed by atoms with Crippen molar-refractivity contribution in [2.24, 2.45) is 5.92 Å². The molecule has 0 spiro atoms. The van der Waals surface area contributed by atoms with E-state index >= 15 is 0 Å². The lowest BCUT2D eigenvalue weighted by molar-refractivity contribution is -0.126. The van der Waals surface area contributed by atoms with E-state index in [0.717, 1.165) is 36.1 Å². The molecule has 0 saturated carbocycles. The molecule has 5 heteroatoms. The monoisotopic (exact) mass is 365 g/mol. The molecule has 2 aromatic rings. The number of piperidine rings is 1. The summed E-state index contributed by atoms with van der Waals surface area (Å²) < 4.78 is 0. The Morgan fingerprint density at radius 1 is 1.11 bits per heavy atom. The molecular formula is C22H27N3O2. The summed E-state index contributed by atoms with van der Waals surface area (Å²) in [7, 11) is 0. The second kappa shape index (κ2) is 8.71. The number of nitrogens with one attached hydrogen (secondary N) is 1. The first kappa shape index (κ1) is 19.0. The number of nitrogens with zero attached hydrogens (tertiary/aromatic N) is 1. The SMILES string of the molecule is Cc1ccc(C(=O)N2CCCC(C(=O)NCCc3ccc(N)cc3)C2)cc1. The van der Waals surface area contributed by atoms with E-state index < -0.39 is 0 Å². The van der Waals surface area contributed by atoms with Gasteiger partial charge < -0.3 is 16.0 Å². The average Bonchev–Trinajstić information content (AvgIpc) is 2.69. The number of aryl methyl sites for hydroxylation is 1. The van der Waals surface area contributed by atoms with Gasteiger partial charge in [0.05, 0.1) is 5.92 Å². The number of likely N-dealkylation sites (tertiary alicyclic amines) is 1. The lowest BCUT2D eigenvalue weighted by atomic mass is 9.96. The summed E-state index contributed by atoms with van der Waals surface area (Å²) in [5.74, 6) is -0.0965. The summed E-state index contributed by atoms with van der Waals surface area (Å²) in [5.41, 5.74) is 9.38. The molecule has 1 unspecified atom stereocenters. The zero-order chi connectivity index (χ0) is 19.2. The fraction of sp³-hybridized carbons (Fsp3) is 0.364. The van der Waals surface area contributed by atoms with Gasteiger partial charge in [-0.3, -0.25) is 9.59 Å². The van der Waals surface area contributed by atoms with Gasteiger partial charge in [-0.1, -0.05) is 29.8 Å². The van der Waals surface area contributed by atoms with Crippen LogP contribution in [-0.2, 0) is 11.2 Å². The van der Waals surface area contributed by atoms with Crippen LogP contribution in [0.5, 0.6) is 0 Å². The Morgan fingerprint density at radius 3 is 2.52 bits per heavy atom. The van der Waals surface area contributed by atoms with E-state index in [9.17, 15) is 9.59 Å². The Bertz CT molecular complexity index is 784. The maximum atomic E-state index is 12.7. The Labute approximate surface area is 160 Å². The highest BCUT2D eigenvalue weighted by Gasteiger charge is 2.28. The maximum absolute atomic E-state index is 12.7. The van der Waals surface area contributed by atoms with Crippen LogP contribution in [0.15, 0.2) is 48.5 Å². The number of carbonyl (C=O) groups excluding carboxylic acids is 2. The molecule has 0 aromatic heterocycles. The summed E-state index contributed by atoms with van der Waals surface area (Å²) in [6, 6.07) is 15.3. The summed E-state index contributed by atoms with van der Waals surface area (Å²) >= 11 is 0. The molecule has 1 aliphatic heterocycles. The largest absolute Gasteiger partial charge is 0.399 e. The smallest absolute Gasteiger partial charge is 0.253 e. The van der Waals surface area contributed by atoms with Gasteiger partial charge in [0.25, 0.3) is 5.91 Å². The zero-order valence-corrected chi connectivity index (χ0v) is 15.8. The minimum absolute atomic E-state index is 0.00868. The predicted molar refractivity (Wildman–Crippen MR) is 107 cm³/mol. The van der Waals surface area contributed by atoms with Crippen LogP contribution in [0.4, 0.5) is 5.69 Å². The van der Waals surface area contributed by atoms with E-state index in [1.807, 2.05) is 55.5 Å². The summed E-state index contributed by atoms with van der Waals surface area (Å²) in [5, 5.41) is 3.01. The summed E-state index contributed by atoms with van der Waals surface area (Å²) in [6.07, 6.45) is 2.45. The molecule has 2 amide bonds. The Hall–Kier alpha value is -2.82. The molecule has 1 atom stereocenters. The van der Waals surface area contributed by atoms with Crippen molar-refractivity contribution in [2.45, 2.75) is 26.2 Å². The van der Waals surface area contributed by atoms with Gasteiger partial charge in [0.2, 0.25) is 5.91 Å². The van der Waals surface area contributed by atoms with E-state index in [-0.39, 0.29) is 17.7 Å². The highest BCUT2D eigenvalue weighted by molar-refractivity contribution is 5.94. The molecule has 0 aliphatic carbocycles. The fourth-order valence-electron chi connectivity index (χ4n) is 3.41. The number of amides is 2. The highest BCUT2D eigenvalue weighted by Crippen LogP contribution is 2.19. The van der Waals surface area contributed by atoms with Gasteiger partial charge in [0.1, 0.15) is 0 Å². The van der Waals surface area contributed by atoms with Crippen LogP contribution >= 0.6 is 0 Å². The van der Waals surface area contributed by atoms with Crippen LogP contribution in [0.2, 0.25) is 0 Å².